The van der Waals surface area contributed by atoms with Gasteiger partial charge in [0.25, 0.3) is 0 Å². The zero-order chi connectivity index (χ0) is 18.0. The van der Waals surface area contributed by atoms with E-state index in [2.05, 4.69) is 34.0 Å². The average Bonchev–Trinajstić information content (AvgIpc) is 3.26. The van der Waals surface area contributed by atoms with E-state index in [-0.39, 0.29) is 24.3 Å². The first kappa shape index (κ1) is 17.6. The molecule has 25 heavy (non-hydrogen) atoms. The molecule has 3 rings (SSSR count). The van der Waals surface area contributed by atoms with Gasteiger partial charge >= 0.3 is 0 Å². The summed E-state index contributed by atoms with van der Waals surface area (Å²) >= 11 is 0. The number of nitrogens with zero attached hydrogens (tertiary/aromatic N) is 5. The molecule has 0 aliphatic carbocycles. The molecule has 0 radical (unpaired) electrons. The summed E-state index contributed by atoms with van der Waals surface area (Å²) in [5, 5.41) is 8.24. The number of carbonyl (C=O) groups excluding carboxylic acids is 1. The Morgan fingerprint density at radius 3 is 2.92 bits per heavy atom. The third-order valence-corrected chi connectivity index (χ3v) is 4.43. The van der Waals surface area contributed by atoms with Crippen molar-refractivity contribution in [3.63, 3.8) is 0 Å². The van der Waals surface area contributed by atoms with Crippen LogP contribution in [0.5, 0.6) is 0 Å². The lowest BCUT2D eigenvalue weighted by atomic mass is 9.95. The van der Waals surface area contributed by atoms with Crippen molar-refractivity contribution in [1.29, 1.82) is 0 Å². The highest BCUT2D eigenvalue weighted by atomic mass is 16.5. The maximum absolute atomic E-state index is 11.9. The monoisotopic (exact) mass is 348 g/mol. The second kappa shape index (κ2) is 7.32. The molecule has 136 valence electrons. The number of hydrogen-bond acceptors (Lipinski definition) is 7. The lowest BCUT2D eigenvalue weighted by molar-refractivity contribution is -0.121. The standard InChI is InChI=1S/C16H24N6O3/c1-10(2)22-6-11(4-18-22)5-21-7-12(15(17)23)13(8-21)16-19-14(9-24-3)20-25-16/h4,6,10,12-13H,5,7-9H2,1-3H3,(H2,17,23)/t12-,13-/m1/s1. The van der Waals surface area contributed by atoms with Crippen LogP contribution in [0, 0.1) is 5.92 Å². The Hall–Kier alpha value is -2.26. The van der Waals surface area contributed by atoms with E-state index in [1.807, 2.05) is 17.1 Å². The van der Waals surface area contributed by atoms with Crippen molar-refractivity contribution in [2.45, 2.75) is 39.0 Å². The quantitative estimate of drug-likeness (QED) is 0.783. The molecule has 1 aliphatic heterocycles. The number of nitrogens with two attached hydrogens (primary N) is 1. The number of rotatable bonds is 7. The largest absolute Gasteiger partial charge is 0.377 e. The zero-order valence-corrected chi connectivity index (χ0v) is 14.8. The lowest BCUT2D eigenvalue weighted by Crippen LogP contribution is -2.29. The predicted molar refractivity (Wildman–Crippen MR) is 88.3 cm³/mol. The van der Waals surface area contributed by atoms with Crippen LogP contribution < -0.4 is 5.73 Å². The van der Waals surface area contributed by atoms with Crippen molar-refractivity contribution >= 4 is 5.91 Å². The molecule has 9 heteroatoms. The molecule has 2 atom stereocenters. The molecular weight excluding hydrogens is 324 g/mol. The van der Waals surface area contributed by atoms with Crippen LogP contribution in [0.2, 0.25) is 0 Å². The molecule has 1 aliphatic rings. The van der Waals surface area contributed by atoms with Gasteiger partial charge in [-0.3, -0.25) is 14.4 Å². The molecule has 1 fully saturated rings. The first-order chi connectivity index (χ1) is 12.0. The molecular formula is C16H24N6O3. The van der Waals surface area contributed by atoms with E-state index in [1.54, 1.807) is 7.11 Å². The minimum atomic E-state index is -0.351. The van der Waals surface area contributed by atoms with Gasteiger partial charge in [0.1, 0.15) is 6.61 Å². The summed E-state index contributed by atoms with van der Waals surface area (Å²) in [6.07, 6.45) is 3.89. The van der Waals surface area contributed by atoms with E-state index >= 15 is 0 Å². The molecule has 3 heterocycles. The van der Waals surface area contributed by atoms with Gasteiger partial charge in [0, 0.05) is 44.5 Å². The first-order valence-corrected chi connectivity index (χ1v) is 8.34. The van der Waals surface area contributed by atoms with E-state index in [1.165, 1.54) is 0 Å². The van der Waals surface area contributed by atoms with E-state index in [0.29, 0.717) is 37.4 Å². The van der Waals surface area contributed by atoms with E-state index in [4.69, 9.17) is 15.0 Å². The predicted octanol–water partition coefficient (Wildman–Crippen LogP) is 0.694. The highest BCUT2D eigenvalue weighted by Crippen LogP contribution is 2.32. The number of aromatic nitrogens is 4. The van der Waals surface area contributed by atoms with Crippen molar-refractivity contribution in [3.8, 4) is 0 Å². The molecule has 2 aromatic heterocycles. The molecule has 0 saturated carbocycles. The van der Waals surface area contributed by atoms with Gasteiger partial charge in [-0.25, -0.2) is 0 Å². The number of hydrogen-bond donors (Lipinski definition) is 1. The van der Waals surface area contributed by atoms with Gasteiger partial charge in [-0.1, -0.05) is 5.16 Å². The van der Waals surface area contributed by atoms with Crippen molar-refractivity contribution in [1.82, 2.24) is 24.8 Å². The van der Waals surface area contributed by atoms with Crippen LogP contribution in [0.15, 0.2) is 16.9 Å². The molecule has 0 bridgehead atoms. The molecule has 1 saturated heterocycles. The Kier molecular flexibility index (Phi) is 5.14. The van der Waals surface area contributed by atoms with Crippen LogP contribution in [0.25, 0.3) is 0 Å². The van der Waals surface area contributed by atoms with Gasteiger partial charge in [-0.15, -0.1) is 0 Å². The normalized spacial score (nSPS) is 21.3. The fraction of sp³-hybridized carbons (Fsp3) is 0.625. The minimum Gasteiger partial charge on any atom is -0.377 e. The van der Waals surface area contributed by atoms with Crippen molar-refractivity contribution < 1.29 is 14.1 Å². The molecule has 0 unspecified atom stereocenters. The first-order valence-electron chi connectivity index (χ1n) is 8.34. The van der Waals surface area contributed by atoms with Crippen LogP contribution >= 0.6 is 0 Å². The van der Waals surface area contributed by atoms with Crippen LogP contribution in [-0.4, -0.2) is 50.9 Å². The summed E-state index contributed by atoms with van der Waals surface area (Å²) < 4.78 is 12.2. The van der Waals surface area contributed by atoms with Crippen molar-refractivity contribution in [2.24, 2.45) is 11.7 Å². The number of amides is 1. The number of ether oxygens (including phenoxy) is 1. The van der Waals surface area contributed by atoms with E-state index in [0.717, 1.165) is 5.56 Å². The van der Waals surface area contributed by atoms with Gasteiger partial charge in [0.2, 0.25) is 11.8 Å². The Labute approximate surface area is 146 Å². The highest BCUT2D eigenvalue weighted by Gasteiger charge is 2.40. The summed E-state index contributed by atoms with van der Waals surface area (Å²) in [7, 11) is 1.57. The second-order valence-corrected chi connectivity index (χ2v) is 6.71. The molecule has 0 spiro atoms. The Bertz CT molecular complexity index is 725. The lowest BCUT2D eigenvalue weighted by Gasteiger charge is -2.13. The summed E-state index contributed by atoms with van der Waals surface area (Å²) in [6.45, 7) is 6.34. The number of likely N-dealkylation sites (tertiary alicyclic amines) is 1. The minimum absolute atomic E-state index is 0.198. The average molecular weight is 348 g/mol. The van der Waals surface area contributed by atoms with E-state index in [9.17, 15) is 4.79 Å². The van der Waals surface area contributed by atoms with Crippen LogP contribution in [0.1, 0.15) is 43.1 Å². The summed E-state index contributed by atoms with van der Waals surface area (Å²) in [6, 6.07) is 0.316. The Balaban J connectivity index is 1.71. The van der Waals surface area contributed by atoms with E-state index < -0.39 is 0 Å². The van der Waals surface area contributed by atoms with Crippen molar-refractivity contribution in [3.05, 3.63) is 29.7 Å². The summed E-state index contributed by atoms with van der Waals surface area (Å²) in [4.78, 5) is 18.4. The molecule has 1 amide bonds. The number of methoxy groups -OCH3 is 1. The zero-order valence-electron chi connectivity index (χ0n) is 14.8. The summed E-state index contributed by atoms with van der Waals surface area (Å²) in [5.74, 6) is 0.0113. The smallest absolute Gasteiger partial charge is 0.231 e. The number of carbonyl (C=O) groups is 1. The van der Waals surface area contributed by atoms with Gasteiger partial charge in [-0.2, -0.15) is 10.1 Å². The fourth-order valence-corrected chi connectivity index (χ4v) is 3.16. The van der Waals surface area contributed by atoms with Crippen LogP contribution in [0.4, 0.5) is 0 Å². The maximum Gasteiger partial charge on any atom is 0.231 e. The topological polar surface area (TPSA) is 112 Å². The van der Waals surface area contributed by atoms with Crippen LogP contribution in [0.3, 0.4) is 0 Å². The van der Waals surface area contributed by atoms with Crippen LogP contribution in [-0.2, 0) is 22.7 Å². The third kappa shape index (κ3) is 3.88. The van der Waals surface area contributed by atoms with Crippen molar-refractivity contribution in [2.75, 3.05) is 20.2 Å². The third-order valence-electron chi connectivity index (χ3n) is 4.43. The summed E-state index contributed by atoms with van der Waals surface area (Å²) in [5.41, 5.74) is 6.69. The van der Waals surface area contributed by atoms with Gasteiger partial charge in [0.15, 0.2) is 5.82 Å². The van der Waals surface area contributed by atoms with Gasteiger partial charge < -0.3 is 15.0 Å². The maximum atomic E-state index is 11.9. The highest BCUT2D eigenvalue weighted by molar-refractivity contribution is 5.78. The molecule has 9 nitrogen and oxygen atoms in total. The fourth-order valence-electron chi connectivity index (χ4n) is 3.16. The second-order valence-electron chi connectivity index (χ2n) is 6.71. The SMILES string of the molecule is COCc1noc([C@@H]2CN(Cc3cnn(C(C)C)c3)C[C@H]2C(N)=O)n1. The Morgan fingerprint density at radius 2 is 2.28 bits per heavy atom. The van der Waals surface area contributed by atoms with Gasteiger partial charge in [-0.05, 0) is 13.8 Å². The number of primary amides is 1. The molecule has 0 aromatic carbocycles. The molecule has 2 N–H and O–H groups in total. The Morgan fingerprint density at radius 1 is 1.48 bits per heavy atom. The van der Waals surface area contributed by atoms with Gasteiger partial charge in [0.05, 0.1) is 18.0 Å². The molecule has 2 aromatic rings.